The quantitative estimate of drug-likeness (QED) is 0.569. The number of hydrogen-bond donors (Lipinski definition) is 4. The van der Waals surface area contributed by atoms with Gasteiger partial charge in [0.25, 0.3) is 11.0 Å². The van der Waals surface area contributed by atoms with Gasteiger partial charge in [0.1, 0.15) is 0 Å². The van der Waals surface area contributed by atoms with Crippen molar-refractivity contribution in [3.05, 3.63) is 30.3 Å². The van der Waals surface area contributed by atoms with Crippen LogP contribution in [0, 0.1) is 0 Å². The SMILES string of the molecule is O=C(Nc1ccccc1)C(O)C(O)(Cl)C(=O)O. The molecule has 7 heteroatoms. The zero-order chi connectivity index (χ0) is 13.1. The number of para-hydroxylation sites is 1. The molecule has 1 aromatic rings. The third kappa shape index (κ3) is 3.16. The van der Waals surface area contributed by atoms with Crippen molar-refractivity contribution in [1.82, 2.24) is 0 Å². The summed E-state index contributed by atoms with van der Waals surface area (Å²) in [5.74, 6) is -3.02. The molecule has 92 valence electrons. The second-order valence-electron chi connectivity index (χ2n) is 3.24. The monoisotopic (exact) mass is 259 g/mol. The number of anilines is 1. The molecule has 0 aromatic heterocycles. The van der Waals surface area contributed by atoms with E-state index >= 15 is 0 Å². The minimum Gasteiger partial charge on any atom is -0.478 e. The van der Waals surface area contributed by atoms with Crippen molar-refractivity contribution in [3.8, 4) is 0 Å². The molecule has 1 rings (SSSR count). The molecule has 6 nitrogen and oxygen atoms in total. The molecule has 0 fully saturated rings. The molecule has 17 heavy (non-hydrogen) atoms. The predicted molar refractivity (Wildman–Crippen MR) is 59.5 cm³/mol. The van der Waals surface area contributed by atoms with Crippen molar-refractivity contribution in [1.29, 1.82) is 0 Å². The molecule has 0 saturated heterocycles. The molecule has 0 bridgehead atoms. The number of alkyl halides is 1. The van der Waals surface area contributed by atoms with Gasteiger partial charge < -0.3 is 20.6 Å². The van der Waals surface area contributed by atoms with Crippen LogP contribution in [0.1, 0.15) is 0 Å². The normalized spacial score (nSPS) is 15.7. The predicted octanol–water partition coefficient (Wildman–Crippen LogP) is -0.00200. The first-order chi connectivity index (χ1) is 7.85. The summed E-state index contributed by atoms with van der Waals surface area (Å²) < 4.78 is 0. The number of aliphatic hydroxyl groups is 2. The van der Waals surface area contributed by atoms with Gasteiger partial charge in [-0.3, -0.25) is 4.79 Å². The molecule has 0 spiro atoms. The number of carbonyl (C=O) groups excluding carboxylic acids is 1. The number of carboxylic acids is 1. The van der Waals surface area contributed by atoms with Gasteiger partial charge in [0.2, 0.25) is 0 Å². The van der Waals surface area contributed by atoms with Crippen LogP contribution < -0.4 is 5.32 Å². The van der Waals surface area contributed by atoms with Gasteiger partial charge in [0.05, 0.1) is 0 Å². The van der Waals surface area contributed by atoms with E-state index in [9.17, 15) is 14.7 Å². The summed E-state index contributed by atoms with van der Waals surface area (Å²) in [7, 11) is 0. The summed E-state index contributed by atoms with van der Waals surface area (Å²) in [4.78, 5) is 21.9. The first-order valence-electron chi connectivity index (χ1n) is 4.54. The van der Waals surface area contributed by atoms with E-state index in [1.54, 1.807) is 18.2 Å². The smallest absolute Gasteiger partial charge is 0.355 e. The van der Waals surface area contributed by atoms with E-state index in [0.29, 0.717) is 5.69 Å². The average Bonchev–Trinajstić information content (AvgIpc) is 2.29. The highest BCUT2D eigenvalue weighted by molar-refractivity contribution is 6.34. The molecule has 1 aromatic carbocycles. The van der Waals surface area contributed by atoms with E-state index in [1.807, 2.05) is 0 Å². The molecule has 4 N–H and O–H groups in total. The number of amides is 1. The number of carbonyl (C=O) groups is 2. The molecule has 0 heterocycles. The summed E-state index contributed by atoms with van der Waals surface area (Å²) in [6.07, 6.45) is -2.29. The topological polar surface area (TPSA) is 107 Å². The molecular weight excluding hydrogens is 250 g/mol. The number of carboxylic acid groups (broad SMARTS) is 1. The van der Waals surface area contributed by atoms with Crippen molar-refractivity contribution in [2.24, 2.45) is 0 Å². The highest BCUT2D eigenvalue weighted by Crippen LogP contribution is 2.18. The van der Waals surface area contributed by atoms with Crippen molar-refractivity contribution < 1.29 is 24.9 Å². The number of aliphatic carboxylic acids is 1. The van der Waals surface area contributed by atoms with Gasteiger partial charge in [0, 0.05) is 5.69 Å². The molecule has 0 saturated carbocycles. The van der Waals surface area contributed by atoms with Crippen LogP contribution in [0.25, 0.3) is 0 Å². The Bertz CT molecular complexity index is 420. The molecular formula is C10H10ClNO5. The largest absolute Gasteiger partial charge is 0.478 e. The molecule has 0 aliphatic heterocycles. The highest BCUT2D eigenvalue weighted by Gasteiger charge is 2.46. The van der Waals surface area contributed by atoms with Gasteiger partial charge in [-0.15, -0.1) is 0 Å². The maximum atomic E-state index is 11.4. The molecule has 0 aliphatic rings. The van der Waals surface area contributed by atoms with Crippen LogP contribution in [0.2, 0.25) is 0 Å². The maximum absolute atomic E-state index is 11.4. The second-order valence-corrected chi connectivity index (χ2v) is 3.81. The van der Waals surface area contributed by atoms with E-state index in [2.05, 4.69) is 5.32 Å². The number of aliphatic hydroxyl groups excluding tert-OH is 1. The minimum atomic E-state index is -3.06. The summed E-state index contributed by atoms with van der Waals surface area (Å²) in [5.41, 5.74) is 0.342. The number of benzene rings is 1. The van der Waals surface area contributed by atoms with Crippen LogP contribution in [0.4, 0.5) is 5.69 Å². The van der Waals surface area contributed by atoms with Crippen LogP contribution in [-0.4, -0.2) is 38.4 Å². The van der Waals surface area contributed by atoms with Gasteiger partial charge in [-0.1, -0.05) is 29.8 Å². The molecule has 2 atom stereocenters. The van der Waals surface area contributed by atoms with E-state index in [1.165, 1.54) is 12.1 Å². The van der Waals surface area contributed by atoms with E-state index < -0.39 is 23.0 Å². The fourth-order valence-electron chi connectivity index (χ4n) is 1.02. The zero-order valence-corrected chi connectivity index (χ0v) is 9.26. The number of hydrogen-bond acceptors (Lipinski definition) is 4. The van der Waals surface area contributed by atoms with Crippen LogP contribution in [0.15, 0.2) is 30.3 Å². The summed E-state index contributed by atoms with van der Waals surface area (Å²) >= 11 is 5.13. The molecule has 0 aliphatic carbocycles. The Kier molecular flexibility index (Phi) is 4.06. The summed E-state index contributed by atoms with van der Waals surface area (Å²) in [6, 6.07) is 8.02. The highest BCUT2D eigenvalue weighted by atomic mass is 35.5. The first kappa shape index (κ1) is 13.4. The lowest BCUT2D eigenvalue weighted by molar-refractivity contribution is -0.162. The Morgan fingerprint density at radius 1 is 1.29 bits per heavy atom. The van der Waals surface area contributed by atoms with Gasteiger partial charge in [0.15, 0.2) is 6.10 Å². The zero-order valence-electron chi connectivity index (χ0n) is 8.50. The summed E-state index contributed by atoms with van der Waals surface area (Å²) in [6.45, 7) is 0. The maximum Gasteiger partial charge on any atom is 0.355 e. The lowest BCUT2D eigenvalue weighted by atomic mass is 10.2. The number of halogens is 1. The van der Waals surface area contributed by atoms with Crippen molar-refractivity contribution in [3.63, 3.8) is 0 Å². The van der Waals surface area contributed by atoms with Crippen molar-refractivity contribution in [2.75, 3.05) is 5.32 Å². The number of nitrogens with one attached hydrogen (secondary N) is 1. The third-order valence-corrected chi connectivity index (χ3v) is 2.32. The van der Waals surface area contributed by atoms with Gasteiger partial charge >= 0.3 is 5.97 Å². The van der Waals surface area contributed by atoms with Crippen LogP contribution in [0.5, 0.6) is 0 Å². The fourth-order valence-corrected chi connectivity index (χ4v) is 1.12. The van der Waals surface area contributed by atoms with E-state index in [4.69, 9.17) is 21.8 Å². The lowest BCUT2D eigenvalue weighted by Crippen LogP contribution is -2.50. The van der Waals surface area contributed by atoms with E-state index in [-0.39, 0.29) is 0 Å². The first-order valence-corrected chi connectivity index (χ1v) is 4.92. The fraction of sp³-hybridized carbons (Fsp3) is 0.200. The summed E-state index contributed by atoms with van der Waals surface area (Å²) in [5, 5.41) is 26.1. The Labute approximate surface area is 101 Å². The Balaban J connectivity index is 2.75. The van der Waals surface area contributed by atoms with Gasteiger partial charge in [-0.25, -0.2) is 4.79 Å². The van der Waals surface area contributed by atoms with Crippen molar-refractivity contribution in [2.45, 2.75) is 11.2 Å². The Morgan fingerprint density at radius 2 is 1.82 bits per heavy atom. The van der Waals surface area contributed by atoms with Crippen LogP contribution in [0.3, 0.4) is 0 Å². The number of rotatable bonds is 4. The Hall–Kier alpha value is -1.63. The third-order valence-electron chi connectivity index (χ3n) is 1.95. The van der Waals surface area contributed by atoms with Crippen LogP contribution in [-0.2, 0) is 9.59 Å². The van der Waals surface area contributed by atoms with Crippen molar-refractivity contribution >= 4 is 29.2 Å². The van der Waals surface area contributed by atoms with E-state index in [0.717, 1.165) is 0 Å². The standard InChI is InChI=1S/C10H10ClNO5/c11-10(17,9(15)16)7(13)8(14)12-6-4-2-1-3-5-6/h1-5,7,13,17H,(H,12,14)(H,15,16). The second kappa shape index (κ2) is 5.13. The Morgan fingerprint density at radius 3 is 2.29 bits per heavy atom. The van der Waals surface area contributed by atoms with Gasteiger partial charge in [-0.05, 0) is 12.1 Å². The van der Waals surface area contributed by atoms with Gasteiger partial charge in [-0.2, -0.15) is 0 Å². The molecule has 0 radical (unpaired) electrons. The molecule has 2 unspecified atom stereocenters. The minimum absolute atomic E-state index is 0.342. The average molecular weight is 260 g/mol. The lowest BCUT2D eigenvalue weighted by Gasteiger charge is -2.21. The molecule has 1 amide bonds. The van der Waals surface area contributed by atoms with Crippen LogP contribution >= 0.6 is 11.6 Å².